The summed E-state index contributed by atoms with van der Waals surface area (Å²) >= 11 is 0. The van der Waals surface area contributed by atoms with Gasteiger partial charge in [-0.15, -0.1) is 0 Å². The predicted octanol–water partition coefficient (Wildman–Crippen LogP) is 2.79. The summed E-state index contributed by atoms with van der Waals surface area (Å²) in [6.07, 6.45) is 1.04. The molecule has 1 amide bonds. The third-order valence-electron chi connectivity index (χ3n) is 3.82. The molecule has 19 heavy (non-hydrogen) atoms. The molecule has 1 rings (SSSR count). The molecule has 0 spiro atoms. The van der Waals surface area contributed by atoms with Gasteiger partial charge in [0.05, 0.1) is 0 Å². The highest BCUT2D eigenvalue weighted by Gasteiger charge is 2.45. The van der Waals surface area contributed by atoms with Crippen LogP contribution in [-0.4, -0.2) is 28.3 Å². The Morgan fingerprint density at radius 1 is 1.26 bits per heavy atom. The van der Waals surface area contributed by atoms with Crippen LogP contribution in [0.15, 0.2) is 0 Å². The molecule has 0 aliphatic heterocycles. The first-order valence-electron chi connectivity index (χ1n) is 6.80. The topological polar surface area (TPSA) is 75.6 Å². The van der Waals surface area contributed by atoms with E-state index in [1.807, 2.05) is 6.92 Å². The average Bonchev–Trinajstić information content (AvgIpc) is 2.20. The SMILES string of the molecule is C[C@@H]1CC[C@@](NC(=O)OC(C)(C)C)(C(=O)O)C[C@@H]1C. The van der Waals surface area contributed by atoms with Crippen LogP contribution in [0.3, 0.4) is 0 Å². The lowest BCUT2D eigenvalue weighted by molar-refractivity contribution is -0.147. The van der Waals surface area contributed by atoms with Crippen molar-refractivity contribution in [3.8, 4) is 0 Å². The molecule has 1 fully saturated rings. The fourth-order valence-corrected chi connectivity index (χ4v) is 2.47. The Morgan fingerprint density at radius 2 is 1.84 bits per heavy atom. The molecule has 1 saturated carbocycles. The normalized spacial score (nSPS) is 31.6. The second-order valence-corrected chi connectivity index (χ2v) is 6.71. The summed E-state index contributed by atoms with van der Waals surface area (Å²) < 4.78 is 5.16. The molecule has 0 saturated heterocycles. The summed E-state index contributed by atoms with van der Waals surface area (Å²) in [4.78, 5) is 23.4. The zero-order valence-electron chi connectivity index (χ0n) is 12.4. The summed E-state index contributed by atoms with van der Waals surface area (Å²) in [5, 5.41) is 12.0. The van der Waals surface area contributed by atoms with Crippen molar-refractivity contribution in [1.29, 1.82) is 0 Å². The molecule has 110 valence electrons. The standard InChI is InChI=1S/C14H25NO4/c1-9-6-7-14(11(16)17,8-10(9)2)15-12(18)19-13(3,4)5/h9-10H,6-8H2,1-5H3,(H,15,18)(H,16,17)/t9-,10+,14+/m1/s1. The molecule has 0 aromatic heterocycles. The van der Waals surface area contributed by atoms with Crippen molar-refractivity contribution in [3.63, 3.8) is 0 Å². The fourth-order valence-electron chi connectivity index (χ4n) is 2.47. The minimum atomic E-state index is -1.19. The minimum absolute atomic E-state index is 0.264. The van der Waals surface area contributed by atoms with Crippen molar-refractivity contribution in [1.82, 2.24) is 5.32 Å². The van der Waals surface area contributed by atoms with Gasteiger partial charge in [0.25, 0.3) is 0 Å². The number of hydrogen-bond donors (Lipinski definition) is 2. The Kier molecular flexibility index (Phi) is 4.48. The molecule has 5 nitrogen and oxygen atoms in total. The largest absolute Gasteiger partial charge is 0.480 e. The summed E-state index contributed by atoms with van der Waals surface area (Å²) in [5.41, 5.74) is -1.81. The molecule has 3 atom stereocenters. The van der Waals surface area contributed by atoms with Crippen LogP contribution >= 0.6 is 0 Å². The first-order chi connectivity index (χ1) is 8.56. The molecule has 0 aromatic carbocycles. The highest BCUT2D eigenvalue weighted by molar-refractivity contribution is 5.84. The molecule has 0 aromatic rings. The second kappa shape index (κ2) is 5.39. The van der Waals surface area contributed by atoms with E-state index >= 15 is 0 Å². The molecule has 0 heterocycles. The molecule has 0 radical (unpaired) electrons. The number of carbonyl (C=O) groups excluding carboxylic acids is 1. The maximum Gasteiger partial charge on any atom is 0.408 e. The van der Waals surface area contributed by atoms with Gasteiger partial charge in [0, 0.05) is 0 Å². The number of carbonyl (C=O) groups is 2. The zero-order chi connectivity index (χ0) is 14.8. The van der Waals surface area contributed by atoms with Gasteiger partial charge < -0.3 is 15.2 Å². The lowest BCUT2D eigenvalue weighted by Gasteiger charge is -2.40. The molecule has 1 aliphatic rings. The van der Waals surface area contributed by atoms with E-state index in [1.54, 1.807) is 20.8 Å². The van der Waals surface area contributed by atoms with Gasteiger partial charge in [0.15, 0.2) is 0 Å². The van der Waals surface area contributed by atoms with Crippen LogP contribution in [0.5, 0.6) is 0 Å². The van der Waals surface area contributed by atoms with Gasteiger partial charge in [-0.2, -0.15) is 0 Å². The van der Waals surface area contributed by atoms with Gasteiger partial charge in [-0.05, 0) is 51.9 Å². The first kappa shape index (κ1) is 15.8. The van der Waals surface area contributed by atoms with Gasteiger partial charge in [-0.1, -0.05) is 13.8 Å². The Balaban J connectivity index is 2.79. The number of aliphatic carboxylic acids is 1. The number of ether oxygens (including phenoxy) is 1. The van der Waals surface area contributed by atoms with Crippen molar-refractivity contribution in [2.75, 3.05) is 0 Å². The Morgan fingerprint density at radius 3 is 2.26 bits per heavy atom. The summed E-state index contributed by atoms with van der Waals surface area (Å²) in [5.74, 6) is -0.232. The van der Waals surface area contributed by atoms with E-state index in [0.717, 1.165) is 6.42 Å². The molecular formula is C14H25NO4. The third kappa shape index (κ3) is 4.11. The number of carboxylic acid groups (broad SMARTS) is 1. The summed E-state index contributed by atoms with van der Waals surface area (Å²) in [6.45, 7) is 9.41. The molecule has 0 bridgehead atoms. The third-order valence-corrected chi connectivity index (χ3v) is 3.82. The Bertz CT molecular complexity index is 361. The molecule has 5 heteroatoms. The summed E-state index contributed by atoms with van der Waals surface area (Å²) in [7, 11) is 0. The van der Waals surface area contributed by atoms with Gasteiger partial charge >= 0.3 is 12.1 Å². The van der Waals surface area contributed by atoms with Gasteiger partial charge in [0.1, 0.15) is 11.1 Å². The van der Waals surface area contributed by atoms with E-state index in [2.05, 4.69) is 12.2 Å². The molecule has 1 aliphatic carbocycles. The van der Waals surface area contributed by atoms with E-state index in [-0.39, 0.29) is 5.92 Å². The Labute approximate surface area is 114 Å². The highest BCUT2D eigenvalue weighted by Crippen LogP contribution is 2.36. The van der Waals surface area contributed by atoms with E-state index in [4.69, 9.17) is 4.74 Å². The maximum absolute atomic E-state index is 11.8. The summed E-state index contributed by atoms with van der Waals surface area (Å²) in [6, 6.07) is 0. The van der Waals surface area contributed by atoms with Crippen molar-refractivity contribution >= 4 is 12.1 Å². The monoisotopic (exact) mass is 271 g/mol. The van der Waals surface area contributed by atoms with Crippen LogP contribution in [0, 0.1) is 11.8 Å². The van der Waals surface area contributed by atoms with E-state index in [9.17, 15) is 14.7 Å². The van der Waals surface area contributed by atoms with E-state index in [1.165, 1.54) is 0 Å². The molecular weight excluding hydrogens is 246 g/mol. The maximum atomic E-state index is 11.8. The number of alkyl carbamates (subject to hydrolysis) is 1. The lowest BCUT2D eigenvalue weighted by Crippen LogP contribution is -2.58. The second-order valence-electron chi connectivity index (χ2n) is 6.71. The van der Waals surface area contributed by atoms with Crippen LogP contribution in [0.25, 0.3) is 0 Å². The van der Waals surface area contributed by atoms with Crippen molar-refractivity contribution < 1.29 is 19.4 Å². The number of nitrogens with one attached hydrogen (secondary N) is 1. The van der Waals surface area contributed by atoms with E-state index in [0.29, 0.717) is 18.8 Å². The zero-order valence-corrected chi connectivity index (χ0v) is 12.4. The molecule has 0 unspecified atom stereocenters. The first-order valence-corrected chi connectivity index (χ1v) is 6.80. The van der Waals surface area contributed by atoms with Crippen LogP contribution in [0.1, 0.15) is 53.9 Å². The van der Waals surface area contributed by atoms with Crippen LogP contribution in [0.4, 0.5) is 4.79 Å². The van der Waals surface area contributed by atoms with E-state index < -0.39 is 23.2 Å². The van der Waals surface area contributed by atoms with Crippen LogP contribution in [0.2, 0.25) is 0 Å². The van der Waals surface area contributed by atoms with Crippen molar-refractivity contribution in [3.05, 3.63) is 0 Å². The number of amides is 1. The van der Waals surface area contributed by atoms with Crippen molar-refractivity contribution in [2.45, 2.75) is 65.0 Å². The smallest absolute Gasteiger partial charge is 0.408 e. The highest BCUT2D eigenvalue weighted by atomic mass is 16.6. The van der Waals surface area contributed by atoms with Gasteiger partial charge in [0.2, 0.25) is 0 Å². The fraction of sp³-hybridized carbons (Fsp3) is 0.857. The number of carboxylic acids is 1. The quantitative estimate of drug-likeness (QED) is 0.809. The molecule has 2 N–H and O–H groups in total. The number of hydrogen-bond acceptors (Lipinski definition) is 3. The van der Waals surface area contributed by atoms with Crippen LogP contribution < -0.4 is 5.32 Å². The Hall–Kier alpha value is -1.26. The number of rotatable bonds is 2. The van der Waals surface area contributed by atoms with Crippen molar-refractivity contribution in [2.24, 2.45) is 11.8 Å². The predicted molar refractivity (Wildman–Crippen MR) is 71.9 cm³/mol. The lowest BCUT2D eigenvalue weighted by atomic mass is 9.71. The van der Waals surface area contributed by atoms with Crippen LogP contribution in [-0.2, 0) is 9.53 Å². The average molecular weight is 271 g/mol. The van der Waals surface area contributed by atoms with Gasteiger partial charge in [-0.25, -0.2) is 9.59 Å². The van der Waals surface area contributed by atoms with Gasteiger partial charge in [-0.3, -0.25) is 0 Å². The minimum Gasteiger partial charge on any atom is -0.480 e.